The van der Waals surface area contributed by atoms with Crippen molar-refractivity contribution in [2.24, 2.45) is 0 Å². The van der Waals surface area contributed by atoms with Crippen molar-refractivity contribution in [2.45, 2.75) is 64.2 Å². The lowest BCUT2D eigenvalue weighted by atomic mass is 10.2. The summed E-state index contributed by atoms with van der Waals surface area (Å²) in [4.78, 5) is 72.2. The number of unbranched alkanes of at least 4 members (excludes halogenated alkanes) is 6. The summed E-state index contributed by atoms with van der Waals surface area (Å²) < 4.78 is 42.8. The van der Waals surface area contributed by atoms with Gasteiger partial charge in [-0.25, -0.2) is 19.2 Å². The molecule has 0 heterocycles. The van der Waals surface area contributed by atoms with Gasteiger partial charge >= 0.3 is 35.8 Å². The molecular weight excluding hydrogens is 801 g/mol. The predicted molar refractivity (Wildman–Crippen MR) is 226 cm³/mol. The van der Waals surface area contributed by atoms with Gasteiger partial charge < -0.3 is 37.9 Å². The van der Waals surface area contributed by atoms with E-state index in [9.17, 15) is 28.8 Å². The van der Waals surface area contributed by atoms with Gasteiger partial charge in [0.2, 0.25) is 0 Å². The lowest BCUT2D eigenvalue weighted by Crippen LogP contribution is -2.14. The number of carbonyl (C=O) groups excluding carboxylic acids is 6. The molecule has 4 aromatic rings. The molecule has 0 unspecified atom stereocenters. The first-order chi connectivity index (χ1) is 30.1. The Balaban J connectivity index is 1.07. The number of rotatable bonds is 27. The summed E-state index contributed by atoms with van der Waals surface area (Å²) in [5, 5.41) is 0. The Bertz CT molecular complexity index is 1920. The Kier molecular flexibility index (Phi) is 20.5. The number of carbonyl (C=O) groups is 6. The number of benzene rings is 4. The first kappa shape index (κ1) is 47.5. The highest BCUT2D eigenvalue weighted by atomic mass is 16.6. The fourth-order valence-electron chi connectivity index (χ4n) is 5.39. The lowest BCUT2D eigenvalue weighted by molar-refractivity contribution is -0.140. The average molecular weight is 851 g/mol. The molecular formula is C48H50O14. The van der Waals surface area contributed by atoms with Crippen LogP contribution in [0.1, 0.15) is 84.9 Å². The fraction of sp³-hybridized carbons (Fsp3) is 0.292. The number of hydrogen-bond donors (Lipinski definition) is 0. The Labute approximate surface area is 360 Å². The van der Waals surface area contributed by atoms with E-state index < -0.39 is 35.8 Å². The van der Waals surface area contributed by atoms with Crippen molar-refractivity contribution in [1.82, 2.24) is 0 Å². The third kappa shape index (κ3) is 18.4. The fourth-order valence-corrected chi connectivity index (χ4v) is 5.39. The van der Waals surface area contributed by atoms with Crippen molar-refractivity contribution >= 4 is 35.8 Å². The molecule has 326 valence electrons. The summed E-state index contributed by atoms with van der Waals surface area (Å²) in [6.07, 6.45) is 8.63. The molecule has 0 bridgehead atoms. The summed E-state index contributed by atoms with van der Waals surface area (Å²) in [6.45, 7) is 8.46. The molecule has 14 heteroatoms. The van der Waals surface area contributed by atoms with E-state index in [1.807, 2.05) is 0 Å². The third-order valence-corrected chi connectivity index (χ3v) is 8.68. The molecule has 14 nitrogen and oxygen atoms in total. The molecule has 0 spiro atoms. The SMILES string of the molecule is C=CC(=O)OCCCCCCOc1ccc(C(=O)Oc2ccc(OC(=O)CCC(=O)Oc3ccc(OC(=O)c4ccc(OCCCCCCOC(=O)C=C)cc4)cc3)cc2)cc1. The lowest BCUT2D eigenvalue weighted by Gasteiger charge is -2.09. The number of ether oxygens (including phenoxy) is 8. The van der Waals surface area contributed by atoms with Gasteiger partial charge in [0.25, 0.3) is 0 Å². The molecule has 0 atom stereocenters. The quantitative estimate of drug-likeness (QED) is 0.0241. The topological polar surface area (TPSA) is 176 Å². The van der Waals surface area contributed by atoms with Crippen molar-refractivity contribution in [3.05, 3.63) is 133 Å². The van der Waals surface area contributed by atoms with Crippen LogP contribution in [0, 0.1) is 0 Å². The minimum Gasteiger partial charge on any atom is -0.494 e. The van der Waals surface area contributed by atoms with E-state index in [2.05, 4.69) is 13.2 Å². The van der Waals surface area contributed by atoms with Gasteiger partial charge in [-0.05, 0) is 148 Å². The molecule has 62 heavy (non-hydrogen) atoms. The monoisotopic (exact) mass is 850 g/mol. The summed E-state index contributed by atoms with van der Waals surface area (Å²) in [5.41, 5.74) is 0.641. The van der Waals surface area contributed by atoms with Gasteiger partial charge in [-0.3, -0.25) is 9.59 Å². The summed E-state index contributed by atoms with van der Waals surface area (Å²) in [5.74, 6) is -1.24. The largest absolute Gasteiger partial charge is 0.494 e. The van der Waals surface area contributed by atoms with Gasteiger partial charge in [0, 0.05) is 12.2 Å². The second-order valence-electron chi connectivity index (χ2n) is 13.5. The van der Waals surface area contributed by atoms with Crippen molar-refractivity contribution < 1.29 is 66.7 Å². The zero-order valence-electron chi connectivity index (χ0n) is 34.4. The van der Waals surface area contributed by atoms with Crippen molar-refractivity contribution in [3.8, 4) is 34.5 Å². The summed E-state index contributed by atoms with van der Waals surface area (Å²) >= 11 is 0. The van der Waals surface area contributed by atoms with Crippen LogP contribution in [-0.4, -0.2) is 62.2 Å². The minimum absolute atomic E-state index is 0.195. The second kappa shape index (κ2) is 26.8. The van der Waals surface area contributed by atoms with Crippen LogP contribution in [-0.2, 0) is 28.7 Å². The van der Waals surface area contributed by atoms with Crippen LogP contribution in [0.15, 0.2) is 122 Å². The van der Waals surface area contributed by atoms with Gasteiger partial charge in [-0.2, -0.15) is 0 Å². The van der Waals surface area contributed by atoms with E-state index in [0.717, 1.165) is 63.5 Å². The van der Waals surface area contributed by atoms with E-state index in [1.54, 1.807) is 48.5 Å². The van der Waals surface area contributed by atoms with Crippen LogP contribution in [0.4, 0.5) is 0 Å². The van der Waals surface area contributed by atoms with Gasteiger partial charge in [0.15, 0.2) is 0 Å². The van der Waals surface area contributed by atoms with E-state index in [4.69, 9.17) is 37.9 Å². The standard InChI is InChI=1S/C48H50O14/c1-3-43(49)57-33-11-7-5-9-31-55-37-17-13-35(14-18-37)47(53)61-41-25-21-39(22-26-41)59-45(51)29-30-46(52)60-40-23-27-42(28-24-40)62-48(54)36-15-19-38(20-16-36)56-32-10-6-8-12-34-58-44(50)4-2/h3-4,13-28H,1-2,5-12,29-34H2. The van der Waals surface area contributed by atoms with Crippen LogP contribution in [0.5, 0.6) is 34.5 Å². The minimum atomic E-state index is -0.667. The molecule has 0 aromatic heterocycles. The molecule has 0 saturated carbocycles. The smallest absolute Gasteiger partial charge is 0.343 e. The molecule has 0 N–H and O–H groups in total. The van der Waals surface area contributed by atoms with Crippen LogP contribution in [0.2, 0.25) is 0 Å². The number of esters is 6. The van der Waals surface area contributed by atoms with Gasteiger partial charge in [0.1, 0.15) is 34.5 Å². The maximum absolute atomic E-state index is 12.6. The van der Waals surface area contributed by atoms with Crippen LogP contribution in [0.25, 0.3) is 0 Å². The zero-order valence-corrected chi connectivity index (χ0v) is 34.4. The van der Waals surface area contributed by atoms with E-state index in [1.165, 1.54) is 48.5 Å². The maximum Gasteiger partial charge on any atom is 0.343 e. The first-order valence-corrected chi connectivity index (χ1v) is 20.2. The molecule has 4 rings (SSSR count). The summed E-state index contributed by atoms with van der Waals surface area (Å²) in [6, 6.07) is 24.9. The van der Waals surface area contributed by atoms with Crippen molar-refractivity contribution in [2.75, 3.05) is 26.4 Å². The molecule has 0 fully saturated rings. The van der Waals surface area contributed by atoms with E-state index in [-0.39, 0.29) is 35.8 Å². The molecule has 4 aromatic carbocycles. The van der Waals surface area contributed by atoms with Crippen LogP contribution < -0.4 is 28.4 Å². The third-order valence-electron chi connectivity index (χ3n) is 8.68. The van der Waals surface area contributed by atoms with Gasteiger partial charge in [-0.1, -0.05) is 13.2 Å². The Morgan fingerprint density at radius 1 is 0.371 bits per heavy atom. The van der Waals surface area contributed by atoms with Gasteiger partial charge in [0.05, 0.1) is 50.4 Å². The highest BCUT2D eigenvalue weighted by Crippen LogP contribution is 2.23. The normalized spacial score (nSPS) is 10.4. The summed E-state index contributed by atoms with van der Waals surface area (Å²) in [7, 11) is 0. The molecule has 0 radical (unpaired) electrons. The van der Waals surface area contributed by atoms with Gasteiger partial charge in [-0.15, -0.1) is 0 Å². The zero-order chi connectivity index (χ0) is 44.4. The second-order valence-corrected chi connectivity index (χ2v) is 13.5. The van der Waals surface area contributed by atoms with Crippen molar-refractivity contribution in [1.29, 1.82) is 0 Å². The van der Waals surface area contributed by atoms with E-state index in [0.29, 0.717) is 49.1 Å². The Hall–Kier alpha value is -7.22. The van der Waals surface area contributed by atoms with E-state index >= 15 is 0 Å². The molecule has 0 saturated heterocycles. The average Bonchev–Trinajstić information content (AvgIpc) is 3.28. The highest BCUT2D eigenvalue weighted by molar-refractivity contribution is 5.92. The highest BCUT2D eigenvalue weighted by Gasteiger charge is 2.14. The first-order valence-electron chi connectivity index (χ1n) is 20.2. The molecule has 0 amide bonds. The molecule has 0 aliphatic rings. The predicted octanol–water partition coefficient (Wildman–Crippen LogP) is 8.75. The van der Waals surface area contributed by atoms with Crippen LogP contribution >= 0.6 is 0 Å². The van der Waals surface area contributed by atoms with Crippen LogP contribution in [0.3, 0.4) is 0 Å². The van der Waals surface area contributed by atoms with Crippen molar-refractivity contribution in [3.63, 3.8) is 0 Å². The molecule has 0 aliphatic heterocycles. The Morgan fingerprint density at radius 3 is 0.984 bits per heavy atom. The maximum atomic E-state index is 12.6. The molecule has 0 aliphatic carbocycles. The Morgan fingerprint density at radius 2 is 0.661 bits per heavy atom. The number of hydrogen-bond acceptors (Lipinski definition) is 14.